The summed E-state index contributed by atoms with van der Waals surface area (Å²) in [4.78, 5) is 0. The molecule has 1 saturated carbocycles. The first-order valence-electron chi connectivity index (χ1n) is 8.45. The minimum absolute atomic E-state index is 0.537. The van der Waals surface area contributed by atoms with Gasteiger partial charge < -0.3 is 10.2 Å². The molecular formula is C22H18BrClO2. The summed E-state index contributed by atoms with van der Waals surface area (Å²) < 4.78 is 0.860. The minimum Gasteiger partial charge on any atom is -0.367 e. The zero-order chi connectivity index (χ0) is 18.4. The molecule has 0 spiro atoms. The summed E-state index contributed by atoms with van der Waals surface area (Å²) in [6, 6.07) is 25.6. The average Bonchev–Trinajstić information content (AvgIpc) is 3.38. The monoisotopic (exact) mass is 428 g/mol. The van der Waals surface area contributed by atoms with Gasteiger partial charge in [0.25, 0.3) is 0 Å². The highest BCUT2D eigenvalue weighted by Gasteiger charge is 2.73. The van der Waals surface area contributed by atoms with Crippen molar-refractivity contribution in [2.45, 2.75) is 23.5 Å². The van der Waals surface area contributed by atoms with E-state index in [0.717, 1.165) is 21.2 Å². The number of rotatable bonds is 4. The van der Waals surface area contributed by atoms with Gasteiger partial charge in [-0.15, -0.1) is 0 Å². The van der Waals surface area contributed by atoms with E-state index in [0.29, 0.717) is 11.4 Å². The lowest BCUT2D eigenvalue weighted by molar-refractivity contribution is -0.0742. The fourth-order valence-electron chi connectivity index (χ4n) is 4.32. The summed E-state index contributed by atoms with van der Waals surface area (Å²) in [7, 11) is 0. The number of hydrogen-bond acceptors (Lipinski definition) is 2. The maximum Gasteiger partial charge on any atom is 0.162 e. The Morgan fingerprint density at radius 1 is 0.846 bits per heavy atom. The average molecular weight is 430 g/mol. The molecule has 4 rings (SSSR count). The van der Waals surface area contributed by atoms with Crippen molar-refractivity contribution >= 4 is 27.5 Å². The van der Waals surface area contributed by atoms with Crippen LogP contribution in [-0.4, -0.2) is 16.5 Å². The van der Waals surface area contributed by atoms with E-state index in [1.54, 1.807) is 6.07 Å². The molecule has 0 aromatic heterocycles. The first-order chi connectivity index (χ1) is 12.5. The van der Waals surface area contributed by atoms with Crippen molar-refractivity contribution in [3.63, 3.8) is 0 Å². The normalized spacial score (nSPS) is 21.0. The predicted molar refractivity (Wildman–Crippen MR) is 107 cm³/mol. The number of aliphatic hydroxyl groups is 2. The van der Waals surface area contributed by atoms with E-state index >= 15 is 0 Å². The summed E-state index contributed by atoms with van der Waals surface area (Å²) in [6.07, 6.45) is -0.975. The second-order valence-electron chi connectivity index (χ2n) is 6.78. The summed E-state index contributed by atoms with van der Waals surface area (Å²) in [6.45, 7) is 0. The molecule has 1 aliphatic carbocycles. The van der Waals surface area contributed by atoms with Crippen molar-refractivity contribution in [2.24, 2.45) is 0 Å². The molecule has 3 aromatic rings. The lowest BCUT2D eigenvalue weighted by Gasteiger charge is -2.30. The lowest BCUT2D eigenvalue weighted by Crippen LogP contribution is -2.35. The van der Waals surface area contributed by atoms with Gasteiger partial charge in [-0.2, -0.15) is 0 Å². The Hall–Kier alpha value is -1.65. The molecule has 0 aliphatic heterocycles. The van der Waals surface area contributed by atoms with E-state index in [2.05, 4.69) is 15.9 Å². The Bertz CT molecular complexity index is 888. The zero-order valence-corrected chi connectivity index (χ0v) is 16.3. The lowest BCUT2D eigenvalue weighted by atomic mass is 9.76. The van der Waals surface area contributed by atoms with Crippen molar-refractivity contribution in [3.05, 3.63) is 105 Å². The molecular weight excluding hydrogens is 412 g/mol. The third-order valence-electron chi connectivity index (χ3n) is 5.56. The molecule has 1 fully saturated rings. The SMILES string of the molecule is OC(O)[C@@]1(c2cc(Br)ccc2Cl)CC1(c1ccccc1)c1ccccc1. The molecule has 26 heavy (non-hydrogen) atoms. The van der Waals surface area contributed by atoms with E-state index < -0.39 is 17.1 Å². The number of hydrogen-bond donors (Lipinski definition) is 2. The van der Waals surface area contributed by atoms with Crippen LogP contribution in [0.3, 0.4) is 0 Å². The molecule has 0 bridgehead atoms. The van der Waals surface area contributed by atoms with Crippen LogP contribution in [0, 0.1) is 0 Å². The van der Waals surface area contributed by atoms with Crippen LogP contribution in [0.1, 0.15) is 23.1 Å². The van der Waals surface area contributed by atoms with Gasteiger partial charge in [-0.1, -0.05) is 88.2 Å². The zero-order valence-electron chi connectivity index (χ0n) is 13.9. The fourth-order valence-corrected chi connectivity index (χ4v) is 4.97. The minimum atomic E-state index is -1.55. The van der Waals surface area contributed by atoms with Crippen LogP contribution in [0.2, 0.25) is 5.02 Å². The molecule has 2 N–H and O–H groups in total. The van der Waals surface area contributed by atoms with Gasteiger partial charge in [0.15, 0.2) is 6.29 Å². The van der Waals surface area contributed by atoms with Gasteiger partial charge in [0.05, 0.1) is 5.41 Å². The standard InChI is InChI=1S/C22H18BrClO2/c23-17-11-12-19(24)18(13-17)22(20(25)26)14-21(22,15-7-3-1-4-8-15)16-9-5-2-6-10-16/h1-13,20,25-26H,14H2/t22-/m0/s1. The van der Waals surface area contributed by atoms with Gasteiger partial charge in [0.1, 0.15) is 0 Å². The molecule has 1 aliphatic rings. The van der Waals surface area contributed by atoms with Gasteiger partial charge in [-0.3, -0.25) is 0 Å². The predicted octanol–water partition coefficient (Wildman–Crippen LogP) is 5.04. The summed E-state index contributed by atoms with van der Waals surface area (Å²) >= 11 is 10.0. The van der Waals surface area contributed by atoms with Gasteiger partial charge in [-0.05, 0) is 41.3 Å². The van der Waals surface area contributed by atoms with Gasteiger partial charge >= 0.3 is 0 Å². The number of aliphatic hydroxyl groups excluding tert-OH is 1. The van der Waals surface area contributed by atoms with Crippen molar-refractivity contribution in [3.8, 4) is 0 Å². The van der Waals surface area contributed by atoms with E-state index in [9.17, 15) is 10.2 Å². The Kier molecular flexibility index (Phi) is 4.44. The highest BCUT2D eigenvalue weighted by atomic mass is 79.9. The first-order valence-corrected chi connectivity index (χ1v) is 9.62. The molecule has 1 atom stereocenters. The summed E-state index contributed by atoms with van der Waals surface area (Å²) in [5.41, 5.74) is 1.40. The smallest absolute Gasteiger partial charge is 0.162 e. The van der Waals surface area contributed by atoms with Crippen LogP contribution in [0.15, 0.2) is 83.3 Å². The van der Waals surface area contributed by atoms with Gasteiger partial charge in [0.2, 0.25) is 0 Å². The molecule has 0 amide bonds. The molecule has 0 unspecified atom stereocenters. The van der Waals surface area contributed by atoms with Crippen molar-refractivity contribution in [1.29, 1.82) is 0 Å². The Morgan fingerprint density at radius 3 is 1.88 bits per heavy atom. The van der Waals surface area contributed by atoms with Crippen LogP contribution in [0.5, 0.6) is 0 Å². The van der Waals surface area contributed by atoms with Crippen molar-refractivity contribution in [2.75, 3.05) is 0 Å². The molecule has 0 saturated heterocycles. The third kappa shape index (κ3) is 2.46. The van der Waals surface area contributed by atoms with E-state index in [-0.39, 0.29) is 0 Å². The fraction of sp³-hybridized carbons (Fsp3) is 0.182. The van der Waals surface area contributed by atoms with Gasteiger partial charge in [-0.25, -0.2) is 0 Å². The largest absolute Gasteiger partial charge is 0.367 e. The summed E-state index contributed by atoms with van der Waals surface area (Å²) in [5.74, 6) is 0. The van der Waals surface area contributed by atoms with Gasteiger partial charge in [0, 0.05) is 14.9 Å². The summed E-state index contributed by atoms with van der Waals surface area (Å²) in [5, 5.41) is 21.6. The van der Waals surface area contributed by atoms with Crippen LogP contribution in [-0.2, 0) is 10.8 Å². The van der Waals surface area contributed by atoms with E-state index in [1.807, 2.05) is 72.8 Å². The Labute approximate surface area is 166 Å². The van der Waals surface area contributed by atoms with Crippen molar-refractivity contribution in [1.82, 2.24) is 0 Å². The Morgan fingerprint density at radius 2 is 1.38 bits per heavy atom. The second-order valence-corrected chi connectivity index (χ2v) is 8.11. The molecule has 4 heteroatoms. The highest BCUT2D eigenvalue weighted by Crippen LogP contribution is 2.71. The van der Waals surface area contributed by atoms with Crippen LogP contribution in [0.4, 0.5) is 0 Å². The maximum atomic E-state index is 10.6. The van der Waals surface area contributed by atoms with Crippen LogP contribution >= 0.6 is 27.5 Å². The first kappa shape index (κ1) is 17.7. The van der Waals surface area contributed by atoms with Crippen LogP contribution in [0.25, 0.3) is 0 Å². The third-order valence-corrected chi connectivity index (χ3v) is 6.39. The van der Waals surface area contributed by atoms with E-state index in [1.165, 1.54) is 0 Å². The second kappa shape index (κ2) is 6.50. The number of halogens is 2. The molecule has 132 valence electrons. The van der Waals surface area contributed by atoms with Crippen molar-refractivity contribution < 1.29 is 10.2 Å². The van der Waals surface area contributed by atoms with Crippen LogP contribution < -0.4 is 0 Å². The number of benzene rings is 3. The maximum absolute atomic E-state index is 10.6. The highest BCUT2D eigenvalue weighted by molar-refractivity contribution is 9.10. The quantitative estimate of drug-likeness (QED) is 0.570. The topological polar surface area (TPSA) is 40.5 Å². The molecule has 0 heterocycles. The molecule has 2 nitrogen and oxygen atoms in total. The Balaban J connectivity index is 2.01. The molecule has 0 radical (unpaired) electrons. The molecule has 3 aromatic carbocycles. The van der Waals surface area contributed by atoms with E-state index in [4.69, 9.17) is 11.6 Å².